The van der Waals surface area contributed by atoms with Gasteiger partial charge in [-0.05, 0) is 79.6 Å². The van der Waals surface area contributed by atoms with Crippen LogP contribution in [0.4, 0.5) is 5.69 Å². The van der Waals surface area contributed by atoms with Gasteiger partial charge in [-0.3, -0.25) is 9.59 Å². The molecule has 0 aliphatic carbocycles. The quantitative estimate of drug-likeness (QED) is 0.152. The second-order valence-corrected chi connectivity index (χ2v) is 7.94. The third-order valence-corrected chi connectivity index (χ3v) is 5.31. The number of hydrogen-bond donors (Lipinski definition) is 2. The zero-order valence-electron chi connectivity index (χ0n) is 18.8. The van der Waals surface area contributed by atoms with Crippen LogP contribution in [0.15, 0.2) is 65.8 Å². The van der Waals surface area contributed by atoms with Gasteiger partial charge in [0.1, 0.15) is 0 Å². The van der Waals surface area contributed by atoms with E-state index in [0.717, 1.165) is 0 Å². The molecule has 3 aromatic carbocycles. The van der Waals surface area contributed by atoms with Crippen LogP contribution in [0.1, 0.15) is 28.4 Å². The lowest BCUT2D eigenvalue weighted by Gasteiger charge is -2.11. The number of carbonyl (C=O) groups excluding carboxylic acids is 3. The molecule has 180 valence electrons. The highest BCUT2D eigenvalue weighted by atomic mass is 35.5. The Balaban J connectivity index is 1.64. The Hall–Kier alpha value is -3.88. The molecule has 0 heterocycles. The van der Waals surface area contributed by atoms with Crippen molar-refractivity contribution < 1.29 is 23.9 Å². The number of hydrogen-bond acceptors (Lipinski definition) is 6. The number of halogens is 2. The number of nitrogens with zero attached hydrogens (tertiary/aromatic N) is 1. The number of esters is 1. The van der Waals surface area contributed by atoms with Crippen molar-refractivity contribution in [3.8, 4) is 11.5 Å². The zero-order valence-corrected chi connectivity index (χ0v) is 20.3. The fraction of sp³-hybridized carbons (Fsp3) is 0.120. The molecule has 3 rings (SSSR count). The smallest absolute Gasteiger partial charge is 0.343 e. The topological polar surface area (TPSA) is 106 Å². The van der Waals surface area contributed by atoms with Gasteiger partial charge in [0.25, 0.3) is 0 Å². The first-order chi connectivity index (χ1) is 16.8. The first-order valence-corrected chi connectivity index (χ1v) is 11.2. The van der Waals surface area contributed by atoms with Crippen molar-refractivity contribution in [3.05, 3.63) is 87.4 Å². The summed E-state index contributed by atoms with van der Waals surface area (Å²) >= 11 is 11.9. The maximum Gasteiger partial charge on any atom is 0.343 e. The summed E-state index contributed by atoms with van der Waals surface area (Å²) in [6.07, 6.45) is 1.32. The number of ether oxygens (including phenoxy) is 2. The normalized spacial score (nSPS) is 10.6. The summed E-state index contributed by atoms with van der Waals surface area (Å²) in [5, 5.41) is 7.26. The standard InChI is InChI=1S/C25H21Cl2N3O5/c1-3-34-22-13-16(7-12-21(22)35-25(33)17-8-10-18(26)11-9-17)14-28-30-24(32)23(31)29-20-6-4-5-19(27)15(20)2/h4-14H,3H2,1-2H3,(H,29,31)(H,30,32)/b28-14+. The van der Waals surface area contributed by atoms with Crippen molar-refractivity contribution in [2.75, 3.05) is 11.9 Å². The van der Waals surface area contributed by atoms with E-state index in [4.69, 9.17) is 32.7 Å². The van der Waals surface area contributed by atoms with E-state index in [9.17, 15) is 14.4 Å². The van der Waals surface area contributed by atoms with E-state index in [0.29, 0.717) is 44.8 Å². The second kappa shape index (κ2) is 12.0. The van der Waals surface area contributed by atoms with Crippen LogP contribution in [-0.2, 0) is 9.59 Å². The lowest BCUT2D eigenvalue weighted by Crippen LogP contribution is -2.32. The Labute approximate surface area is 211 Å². The van der Waals surface area contributed by atoms with E-state index in [2.05, 4.69) is 15.8 Å². The van der Waals surface area contributed by atoms with Crippen LogP contribution in [0.2, 0.25) is 10.0 Å². The molecule has 0 saturated carbocycles. The van der Waals surface area contributed by atoms with Crippen LogP contribution in [-0.4, -0.2) is 30.6 Å². The maximum atomic E-state index is 12.4. The Morgan fingerprint density at radius 1 is 0.971 bits per heavy atom. The fourth-order valence-electron chi connectivity index (χ4n) is 2.84. The predicted octanol–water partition coefficient (Wildman–Crippen LogP) is 5.01. The molecule has 0 radical (unpaired) electrons. The summed E-state index contributed by atoms with van der Waals surface area (Å²) in [4.78, 5) is 36.6. The zero-order chi connectivity index (χ0) is 25.4. The first-order valence-electron chi connectivity index (χ1n) is 10.4. The minimum atomic E-state index is -0.959. The van der Waals surface area contributed by atoms with Gasteiger partial charge >= 0.3 is 17.8 Å². The highest BCUT2D eigenvalue weighted by Gasteiger charge is 2.15. The summed E-state index contributed by atoms with van der Waals surface area (Å²) in [7, 11) is 0. The molecule has 0 unspecified atom stereocenters. The second-order valence-electron chi connectivity index (χ2n) is 7.10. The lowest BCUT2D eigenvalue weighted by molar-refractivity contribution is -0.136. The third kappa shape index (κ3) is 7.05. The Bertz CT molecular complexity index is 1280. The molecule has 35 heavy (non-hydrogen) atoms. The summed E-state index contributed by atoms with van der Waals surface area (Å²) < 4.78 is 11.0. The van der Waals surface area contributed by atoms with Crippen molar-refractivity contribution in [1.29, 1.82) is 0 Å². The van der Waals surface area contributed by atoms with E-state index in [1.807, 2.05) is 0 Å². The van der Waals surface area contributed by atoms with Gasteiger partial charge < -0.3 is 14.8 Å². The number of nitrogens with one attached hydrogen (secondary N) is 2. The van der Waals surface area contributed by atoms with E-state index in [1.165, 1.54) is 12.3 Å². The van der Waals surface area contributed by atoms with Gasteiger partial charge in [-0.1, -0.05) is 29.3 Å². The maximum absolute atomic E-state index is 12.4. The van der Waals surface area contributed by atoms with Crippen LogP contribution in [0.5, 0.6) is 11.5 Å². The predicted molar refractivity (Wildman–Crippen MR) is 135 cm³/mol. The number of anilines is 1. The van der Waals surface area contributed by atoms with Gasteiger partial charge in [-0.25, -0.2) is 10.2 Å². The number of hydrazone groups is 1. The molecule has 0 aromatic heterocycles. The largest absolute Gasteiger partial charge is 0.490 e. The summed E-state index contributed by atoms with van der Waals surface area (Å²) in [6, 6.07) is 16.0. The molecular weight excluding hydrogens is 493 g/mol. The van der Waals surface area contributed by atoms with Gasteiger partial charge in [0.15, 0.2) is 11.5 Å². The molecule has 2 N–H and O–H groups in total. The molecule has 0 spiro atoms. The highest BCUT2D eigenvalue weighted by molar-refractivity contribution is 6.40. The molecule has 0 bridgehead atoms. The minimum absolute atomic E-state index is 0.212. The molecule has 8 nitrogen and oxygen atoms in total. The number of carbonyl (C=O) groups is 3. The summed E-state index contributed by atoms with van der Waals surface area (Å²) in [5.41, 5.74) is 4.08. The van der Waals surface area contributed by atoms with E-state index < -0.39 is 17.8 Å². The Morgan fingerprint density at radius 3 is 2.43 bits per heavy atom. The molecule has 3 aromatic rings. The third-order valence-electron chi connectivity index (χ3n) is 4.65. The molecule has 0 saturated heterocycles. The van der Waals surface area contributed by atoms with Gasteiger partial charge in [0, 0.05) is 15.7 Å². The van der Waals surface area contributed by atoms with Crippen LogP contribution in [0.3, 0.4) is 0 Å². The van der Waals surface area contributed by atoms with Gasteiger partial charge in [-0.15, -0.1) is 0 Å². The van der Waals surface area contributed by atoms with Crippen LogP contribution >= 0.6 is 23.2 Å². The molecular formula is C25H21Cl2N3O5. The molecule has 0 aliphatic rings. The summed E-state index contributed by atoms with van der Waals surface area (Å²) in [5.74, 6) is -1.91. The Kier molecular flexibility index (Phi) is 8.83. The van der Waals surface area contributed by atoms with E-state index in [1.54, 1.807) is 68.4 Å². The molecule has 0 fully saturated rings. The summed E-state index contributed by atoms with van der Waals surface area (Å²) in [6.45, 7) is 3.83. The average molecular weight is 514 g/mol. The fourth-order valence-corrected chi connectivity index (χ4v) is 3.14. The molecule has 2 amide bonds. The average Bonchev–Trinajstić information content (AvgIpc) is 2.84. The van der Waals surface area contributed by atoms with Gasteiger partial charge in [0.05, 0.1) is 18.4 Å². The van der Waals surface area contributed by atoms with Crippen molar-refractivity contribution >= 4 is 52.9 Å². The number of amides is 2. The number of rotatable bonds is 7. The monoisotopic (exact) mass is 513 g/mol. The molecule has 10 heteroatoms. The number of benzene rings is 3. The molecule has 0 atom stereocenters. The van der Waals surface area contributed by atoms with Gasteiger partial charge in [0.2, 0.25) is 0 Å². The van der Waals surface area contributed by atoms with Gasteiger partial charge in [-0.2, -0.15) is 5.10 Å². The van der Waals surface area contributed by atoms with Crippen molar-refractivity contribution in [3.63, 3.8) is 0 Å². The van der Waals surface area contributed by atoms with Crippen LogP contribution in [0.25, 0.3) is 0 Å². The Morgan fingerprint density at radius 2 is 1.71 bits per heavy atom. The highest BCUT2D eigenvalue weighted by Crippen LogP contribution is 2.29. The van der Waals surface area contributed by atoms with E-state index in [-0.39, 0.29) is 5.75 Å². The minimum Gasteiger partial charge on any atom is -0.490 e. The van der Waals surface area contributed by atoms with Crippen molar-refractivity contribution in [2.24, 2.45) is 5.10 Å². The van der Waals surface area contributed by atoms with Crippen molar-refractivity contribution in [1.82, 2.24) is 5.43 Å². The lowest BCUT2D eigenvalue weighted by atomic mass is 10.2. The first kappa shape index (κ1) is 25.7. The van der Waals surface area contributed by atoms with Crippen molar-refractivity contribution in [2.45, 2.75) is 13.8 Å². The SMILES string of the molecule is CCOc1cc(/C=N/NC(=O)C(=O)Nc2cccc(Cl)c2C)ccc1OC(=O)c1ccc(Cl)cc1. The van der Waals surface area contributed by atoms with E-state index >= 15 is 0 Å². The molecule has 0 aliphatic heterocycles. The van der Waals surface area contributed by atoms with Crippen LogP contribution in [0, 0.1) is 6.92 Å². The van der Waals surface area contributed by atoms with Crippen LogP contribution < -0.4 is 20.2 Å².